The van der Waals surface area contributed by atoms with E-state index in [1.54, 1.807) is 10.6 Å². The molecule has 1 aliphatic heterocycles. The van der Waals surface area contributed by atoms with Crippen LogP contribution in [0.3, 0.4) is 0 Å². The molecule has 1 aromatic rings. The predicted octanol–water partition coefficient (Wildman–Crippen LogP) is 1.91. The summed E-state index contributed by atoms with van der Waals surface area (Å²) in [5.41, 5.74) is 1.18. The summed E-state index contributed by atoms with van der Waals surface area (Å²) in [6, 6.07) is 4.98. The number of hydrogen-bond donors (Lipinski definition) is 1. The summed E-state index contributed by atoms with van der Waals surface area (Å²) < 4.78 is 1.80. The molecule has 19 heavy (non-hydrogen) atoms. The molecule has 3 rings (SSSR count). The van der Waals surface area contributed by atoms with E-state index in [1.165, 1.54) is 25.8 Å². The van der Waals surface area contributed by atoms with Gasteiger partial charge in [-0.25, -0.2) is 0 Å². The zero-order chi connectivity index (χ0) is 13.2. The third kappa shape index (κ3) is 3.00. The molecule has 1 N–H and O–H groups in total. The summed E-state index contributed by atoms with van der Waals surface area (Å²) in [4.78, 5) is 14.3. The molecule has 1 atom stereocenters. The molecule has 2 heterocycles. The molecule has 1 aromatic heterocycles. The summed E-state index contributed by atoms with van der Waals surface area (Å²) in [6.45, 7) is 5.26. The van der Waals surface area contributed by atoms with Crippen molar-refractivity contribution in [1.82, 2.24) is 9.47 Å². The third-order valence-electron chi connectivity index (χ3n) is 4.10. The van der Waals surface area contributed by atoms with E-state index < -0.39 is 0 Å². The van der Waals surface area contributed by atoms with Gasteiger partial charge in [0.15, 0.2) is 0 Å². The molecule has 0 aromatic carbocycles. The van der Waals surface area contributed by atoms with Gasteiger partial charge in [0.1, 0.15) is 0 Å². The van der Waals surface area contributed by atoms with E-state index in [0.29, 0.717) is 6.04 Å². The average molecular weight is 261 g/mol. The Balaban J connectivity index is 1.63. The Labute approximate surface area is 114 Å². The van der Waals surface area contributed by atoms with Crippen molar-refractivity contribution in [2.75, 3.05) is 18.4 Å². The zero-order valence-electron chi connectivity index (χ0n) is 11.6. The van der Waals surface area contributed by atoms with Gasteiger partial charge in [0.05, 0.1) is 5.69 Å². The second kappa shape index (κ2) is 5.37. The molecule has 104 valence electrons. The monoisotopic (exact) mass is 261 g/mol. The molecule has 0 radical (unpaired) electrons. The van der Waals surface area contributed by atoms with Crippen LogP contribution in [0.2, 0.25) is 0 Å². The molecule has 0 amide bonds. The first-order chi connectivity index (χ1) is 9.26. The van der Waals surface area contributed by atoms with Crippen LogP contribution in [-0.4, -0.2) is 34.6 Å². The van der Waals surface area contributed by atoms with E-state index in [2.05, 4.69) is 17.1 Å². The van der Waals surface area contributed by atoms with Crippen molar-refractivity contribution in [3.8, 4) is 0 Å². The fraction of sp³-hybridized carbons (Fsp3) is 0.667. The van der Waals surface area contributed by atoms with Crippen LogP contribution >= 0.6 is 0 Å². The van der Waals surface area contributed by atoms with Gasteiger partial charge in [-0.1, -0.05) is 6.92 Å². The van der Waals surface area contributed by atoms with E-state index in [-0.39, 0.29) is 5.56 Å². The Hall–Kier alpha value is -1.29. The van der Waals surface area contributed by atoms with Crippen molar-refractivity contribution in [3.05, 3.63) is 28.7 Å². The lowest BCUT2D eigenvalue weighted by molar-refractivity contribution is 0.326. The first-order valence-corrected chi connectivity index (χ1v) is 7.47. The number of anilines is 1. The lowest BCUT2D eigenvalue weighted by Gasteiger charge is -2.17. The van der Waals surface area contributed by atoms with Gasteiger partial charge in [0.2, 0.25) is 0 Å². The maximum Gasteiger partial charge on any atom is 0.250 e. The summed E-state index contributed by atoms with van der Waals surface area (Å²) in [7, 11) is 0. The minimum absolute atomic E-state index is 0.0958. The van der Waals surface area contributed by atoms with Gasteiger partial charge in [0.25, 0.3) is 5.56 Å². The number of pyridine rings is 1. The molecule has 4 heteroatoms. The van der Waals surface area contributed by atoms with Crippen molar-refractivity contribution in [2.45, 2.75) is 51.2 Å². The van der Waals surface area contributed by atoms with Crippen molar-refractivity contribution >= 4 is 5.69 Å². The molecule has 4 nitrogen and oxygen atoms in total. The quantitative estimate of drug-likeness (QED) is 0.879. The molecule has 1 saturated heterocycles. The molecule has 0 spiro atoms. The van der Waals surface area contributed by atoms with E-state index in [1.807, 2.05) is 12.3 Å². The Morgan fingerprint density at radius 3 is 2.89 bits per heavy atom. The first-order valence-electron chi connectivity index (χ1n) is 7.47. The van der Waals surface area contributed by atoms with Crippen molar-refractivity contribution in [2.24, 2.45) is 0 Å². The standard InChI is InChI=1S/C15H23N3O/c1-2-8-18-11-12(3-6-15(18)19)16-13-7-9-17(10-13)14-4-5-14/h3,6,11,13-14,16H,2,4-5,7-10H2,1H3. The topological polar surface area (TPSA) is 37.3 Å². The SMILES string of the molecule is CCCn1cc(NC2CCN(C3CC3)C2)ccc1=O. The molecule has 1 saturated carbocycles. The third-order valence-corrected chi connectivity index (χ3v) is 4.10. The number of aromatic nitrogens is 1. The summed E-state index contributed by atoms with van der Waals surface area (Å²) in [6.07, 6.45) is 6.93. The molecule has 1 aliphatic carbocycles. The number of likely N-dealkylation sites (tertiary alicyclic amines) is 1. The Morgan fingerprint density at radius 2 is 2.16 bits per heavy atom. The molecule has 2 fully saturated rings. The van der Waals surface area contributed by atoms with E-state index in [4.69, 9.17) is 0 Å². The second-order valence-electron chi connectivity index (χ2n) is 5.81. The molecule has 2 aliphatic rings. The minimum Gasteiger partial charge on any atom is -0.380 e. The fourth-order valence-corrected chi connectivity index (χ4v) is 2.94. The number of hydrogen-bond acceptors (Lipinski definition) is 3. The highest BCUT2D eigenvalue weighted by atomic mass is 16.1. The smallest absolute Gasteiger partial charge is 0.250 e. The van der Waals surface area contributed by atoms with Crippen LogP contribution in [0.4, 0.5) is 5.69 Å². The van der Waals surface area contributed by atoms with E-state index in [9.17, 15) is 4.79 Å². The Morgan fingerprint density at radius 1 is 1.32 bits per heavy atom. The van der Waals surface area contributed by atoms with Crippen LogP contribution in [0.5, 0.6) is 0 Å². The number of aryl methyl sites for hydroxylation is 1. The summed E-state index contributed by atoms with van der Waals surface area (Å²) in [5, 5.41) is 3.58. The highest BCUT2D eigenvalue weighted by molar-refractivity contribution is 5.41. The lowest BCUT2D eigenvalue weighted by Crippen LogP contribution is -2.28. The molecule has 1 unspecified atom stereocenters. The Bertz CT molecular complexity index is 492. The van der Waals surface area contributed by atoms with Crippen molar-refractivity contribution in [3.63, 3.8) is 0 Å². The highest BCUT2D eigenvalue weighted by Gasteiger charge is 2.34. The normalized spacial score (nSPS) is 23.7. The van der Waals surface area contributed by atoms with Gasteiger partial charge >= 0.3 is 0 Å². The second-order valence-corrected chi connectivity index (χ2v) is 5.81. The van der Waals surface area contributed by atoms with Gasteiger partial charge in [-0.2, -0.15) is 0 Å². The van der Waals surface area contributed by atoms with E-state index >= 15 is 0 Å². The van der Waals surface area contributed by atoms with Crippen LogP contribution in [0, 0.1) is 0 Å². The molecular formula is C15H23N3O. The predicted molar refractivity (Wildman–Crippen MR) is 77.6 cm³/mol. The van der Waals surface area contributed by atoms with Crippen LogP contribution in [0.1, 0.15) is 32.6 Å². The largest absolute Gasteiger partial charge is 0.380 e. The number of rotatable bonds is 5. The minimum atomic E-state index is 0.0958. The van der Waals surface area contributed by atoms with Gasteiger partial charge in [0, 0.05) is 44.0 Å². The van der Waals surface area contributed by atoms with Crippen LogP contribution < -0.4 is 10.9 Å². The van der Waals surface area contributed by atoms with Gasteiger partial charge in [-0.3, -0.25) is 9.69 Å². The van der Waals surface area contributed by atoms with Crippen LogP contribution in [-0.2, 0) is 6.54 Å². The van der Waals surface area contributed by atoms with Crippen LogP contribution in [0.25, 0.3) is 0 Å². The van der Waals surface area contributed by atoms with Gasteiger partial charge in [-0.15, -0.1) is 0 Å². The Kier molecular flexibility index (Phi) is 3.60. The van der Waals surface area contributed by atoms with Crippen molar-refractivity contribution < 1.29 is 0 Å². The van der Waals surface area contributed by atoms with Gasteiger partial charge < -0.3 is 9.88 Å². The number of nitrogens with zero attached hydrogens (tertiary/aromatic N) is 2. The molecular weight excluding hydrogens is 238 g/mol. The highest BCUT2D eigenvalue weighted by Crippen LogP contribution is 2.30. The number of nitrogens with one attached hydrogen (secondary N) is 1. The van der Waals surface area contributed by atoms with Crippen molar-refractivity contribution in [1.29, 1.82) is 0 Å². The summed E-state index contributed by atoms with van der Waals surface area (Å²) >= 11 is 0. The van der Waals surface area contributed by atoms with Gasteiger partial charge in [-0.05, 0) is 31.7 Å². The van der Waals surface area contributed by atoms with Crippen LogP contribution in [0.15, 0.2) is 23.1 Å². The average Bonchev–Trinajstić information content (AvgIpc) is 3.15. The zero-order valence-corrected chi connectivity index (χ0v) is 11.6. The first kappa shape index (κ1) is 12.7. The van der Waals surface area contributed by atoms with E-state index in [0.717, 1.165) is 31.2 Å². The maximum absolute atomic E-state index is 11.7. The lowest BCUT2D eigenvalue weighted by atomic mass is 10.2. The molecule has 0 bridgehead atoms. The summed E-state index contributed by atoms with van der Waals surface area (Å²) in [5.74, 6) is 0. The maximum atomic E-state index is 11.7. The fourth-order valence-electron chi connectivity index (χ4n) is 2.94.